The first-order chi connectivity index (χ1) is 9.81. The summed E-state index contributed by atoms with van der Waals surface area (Å²) in [6, 6.07) is 12.8. The largest absolute Gasteiger partial charge is 0.473 e. The molecule has 1 heterocycles. The van der Waals surface area contributed by atoms with Crippen LogP contribution >= 0.6 is 15.9 Å². The Morgan fingerprint density at radius 2 is 2.15 bits per heavy atom. The number of hydrogen-bond donors (Lipinski definition) is 1. The van der Waals surface area contributed by atoms with Crippen molar-refractivity contribution in [3.63, 3.8) is 0 Å². The first kappa shape index (κ1) is 13.6. The Hall–Kier alpha value is -1.39. The molecular formula is C16H17BrN2O. The Labute approximate surface area is 127 Å². The zero-order valence-electron chi connectivity index (χ0n) is 11.2. The van der Waals surface area contributed by atoms with Crippen molar-refractivity contribution in [2.45, 2.75) is 32.0 Å². The van der Waals surface area contributed by atoms with Crippen LogP contribution < -0.4 is 10.1 Å². The van der Waals surface area contributed by atoms with E-state index < -0.39 is 0 Å². The molecule has 0 saturated heterocycles. The van der Waals surface area contributed by atoms with E-state index in [1.807, 2.05) is 18.2 Å². The summed E-state index contributed by atoms with van der Waals surface area (Å²) in [4.78, 5) is 4.34. The lowest BCUT2D eigenvalue weighted by molar-refractivity contribution is 0.289. The predicted octanol–water partition coefficient (Wildman–Crippen LogP) is 3.68. The molecule has 0 unspecified atom stereocenters. The van der Waals surface area contributed by atoms with Gasteiger partial charge in [-0.3, -0.25) is 0 Å². The van der Waals surface area contributed by atoms with E-state index in [1.54, 1.807) is 6.20 Å². The maximum absolute atomic E-state index is 5.86. The second-order valence-corrected chi connectivity index (χ2v) is 5.96. The Morgan fingerprint density at radius 1 is 1.25 bits per heavy atom. The molecule has 1 aliphatic carbocycles. The van der Waals surface area contributed by atoms with Gasteiger partial charge in [-0.2, -0.15) is 0 Å². The van der Waals surface area contributed by atoms with Crippen LogP contribution in [0.25, 0.3) is 0 Å². The Balaban J connectivity index is 1.63. The third kappa shape index (κ3) is 3.81. The van der Waals surface area contributed by atoms with Crippen LogP contribution in [0, 0.1) is 0 Å². The molecule has 0 spiro atoms. The minimum atomic E-state index is 0.535. The van der Waals surface area contributed by atoms with Crippen molar-refractivity contribution in [2.24, 2.45) is 0 Å². The fraction of sp³-hybridized carbons (Fsp3) is 0.312. The predicted molar refractivity (Wildman–Crippen MR) is 82.6 cm³/mol. The van der Waals surface area contributed by atoms with Gasteiger partial charge in [0.2, 0.25) is 5.88 Å². The van der Waals surface area contributed by atoms with Gasteiger partial charge in [-0.25, -0.2) is 4.98 Å². The van der Waals surface area contributed by atoms with Crippen LogP contribution in [0.3, 0.4) is 0 Å². The van der Waals surface area contributed by atoms with Gasteiger partial charge in [0.25, 0.3) is 0 Å². The lowest BCUT2D eigenvalue weighted by Crippen LogP contribution is -2.16. The first-order valence-corrected chi connectivity index (χ1v) is 7.65. The van der Waals surface area contributed by atoms with E-state index in [9.17, 15) is 0 Å². The molecule has 0 radical (unpaired) electrons. The topological polar surface area (TPSA) is 34.1 Å². The maximum Gasteiger partial charge on any atom is 0.218 e. The van der Waals surface area contributed by atoms with Gasteiger partial charge in [0.1, 0.15) is 6.61 Å². The smallest absolute Gasteiger partial charge is 0.218 e. The van der Waals surface area contributed by atoms with Crippen LogP contribution in [-0.2, 0) is 13.2 Å². The Kier molecular flexibility index (Phi) is 4.33. The van der Waals surface area contributed by atoms with E-state index in [0.29, 0.717) is 12.6 Å². The molecule has 0 atom stereocenters. The Bertz CT molecular complexity index is 584. The second-order valence-electron chi connectivity index (χ2n) is 5.04. The minimum Gasteiger partial charge on any atom is -0.473 e. The molecule has 4 heteroatoms. The maximum atomic E-state index is 5.86. The lowest BCUT2D eigenvalue weighted by atomic mass is 10.2. The van der Waals surface area contributed by atoms with Crippen LogP contribution in [0.1, 0.15) is 24.0 Å². The SMILES string of the molecule is Brc1cccc(COc2ncccc2CNC2CC2)c1. The second kappa shape index (κ2) is 6.37. The van der Waals surface area contributed by atoms with Crippen LogP contribution in [0.5, 0.6) is 5.88 Å². The first-order valence-electron chi connectivity index (χ1n) is 6.86. The molecular weight excluding hydrogens is 316 g/mol. The molecule has 1 aromatic heterocycles. The van der Waals surface area contributed by atoms with E-state index in [-0.39, 0.29) is 0 Å². The molecule has 0 aliphatic heterocycles. The number of nitrogens with one attached hydrogen (secondary N) is 1. The number of pyridine rings is 1. The van der Waals surface area contributed by atoms with Gasteiger partial charge in [-0.15, -0.1) is 0 Å². The van der Waals surface area contributed by atoms with Crippen molar-refractivity contribution in [1.29, 1.82) is 0 Å². The van der Waals surface area contributed by atoms with Crippen LogP contribution in [-0.4, -0.2) is 11.0 Å². The minimum absolute atomic E-state index is 0.535. The van der Waals surface area contributed by atoms with Gasteiger partial charge < -0.3 is 10.1 Å². The molecule has 3 nitrogen and oxygen atoms in total. The summed E-state index contributed by atoms with van der Waals surface area (Å²) in [6.45, 7) is 1.36. The van der Waals surface area contributed by atoms with Crippen molar-refractivity contribution < 1.29 is 4.74 Å². The van der Waals surface area contributed by atoms with Gasteiger partial charge in [0.15, 0.2) is 0 Å². The summed E-state index contributed by atoms with van der Waals surface area (Å²) in [5, 5.41) is 3.49. The van der Waals surface area contributed by atoms with E-state index in [0.717, 1.165) is 28.0 Å². The van der Waals surface area contributed by atoms with Gasteiger partial charge >= 0.3 is 0 Å². The molecule has 1 aromatic carbocycles. The lowest BCUT2D eigenvalue weighted by Gasteiger charge is -2.11. The van der Waals surface area contributed by atoms with Crippen LogP contribution in [0.15, 0.2) is 47.1 Å². The third-order valence-corrected chi connectivity index (χ3v) is 3.77. The monoisotopic (exact) mass is 332 g/mol. The fourth-order valence-electron chi connectivity index (χ4n) is 2.01. The third-order valence-electron chi connectivity index (χ3n) is 3.27. The highest BCUT2D eigenvalue weighted by Crippen LogP contribution is 2.22. The summed E-state index contributed by atoms with van der Waals surface area (Å²) in [5.41, 5.74) is 2.25. The summed E-state index contributed by atoms with van der Waals surface area (Å²) < 4.78 is 6.92. The van der Waals surface area contributed by atoms with Gasteiger partial charge in [-0.1, -0.05) is 34.1 Å². The molecule has 2 aromatic rings. The summed E-state index contributed by atoms with van der Waals surface area (Å²) >= 11 is 3.47. The van der Waals surface area contributed by atoms with Crippen molar-refractivity contribution >= 4 is 15.9 Å². The standard InChI is InChI=1S/C16H17BrN2O/c17-14-5-1-3-12(9-14)11-20-16-13(4-2-8-18-16)10-19-15-6-7-15/h1-5,8-9,15,19H,6-7,10-11H2. The number of aromatic nitrogens is 1. The van der Waals surface area contributed by atoms with Crippen molar-refractivity contribution in [2.75, 3.05) is 0 Å². The highest BCUT2D eigenvalue weighted by molar-refractivity contribution is 9.10. The van der Waals surface area contributed by atoms with Crippen molar-refractivity contribution in [3.05, 3.63) is 58.2 Å². The molecule has 1 saturated carbocycles. The average molecular weight is 333 g/mol. The van der Waals surface area contributed by atoms with Crippen LogP contribution in [0.2, 0.25) is 0 Å². The number of rotatable bonds is 6. The number of benzene rings is 1. The van der Waals surface area contributed by atoms with E-state index >= 15 is 0 Å². The molecule has 20 heavy (non-hydrogen) atoms. The molecule has 1 N–H and O–H groups in total. The van der Waals surface area contributed by atoms with Crippen molar-refractivity contribution in [3.8, 4) is 5.88 Å². The quantitative estimate of drug-likeness (QED) is 0.876. The molecule has 1 aliphatic rings. The molecule has 3 rings (SSSR count). The normalized spacial score (nSPS) is 14.2. The van der Waals surface area contributed by atoms with E-state index in [4.69, 9.17) is 4.74 Å². The van der Waals surface area contributed by atoms with Crippen LogP contribution in [0.4, 0.5) is 0 Å². The fourth-order valence-corrected chi connectivity index (χ4v) is 2.46. The number of ether oxygens (including phenoxy) is 1. The molecule has 1 fully saturated rings. The van der Waals surface area contributed by atoms with Gasteiger partial charge in [0.05, 0.1) is 0 Å². The van der Waals surface area contributed by atoms with E-state index in [2.05, 4.69) is 44.4 Å². The molecule has 104 valence electrons. The van der Waals surface area contributed by atoms with E-state index in [1.165, 1.54) is 12.8 Å². The molecule has 0 bridgehead atoms. The number of hydrogen-bond acceptors (Lipinski definition) is 3. The zero-order valence-corrected chi connectivity index (χ0v) is 12.8. The Morgan fingerprint density at radius 3 is 2.95 bits per heavy atom. The van der Waals surface area contributed by atoms with Gasteiger partial charge in [0, 0.05) is 28.8 Å². The molecule has 0 amide bonds. The summed E-state index contributed by atoms with van der Waals surface area (Å²) in [5.74, 6) is 0.723. The summed E-state index contributed by atoms with van der Waals surface area (Å²) in [6.07, 6.45) is 4.35. The average Bonchev–Trinajstić information content (AvgIpc) is 3.28. The summed E-state index contributed by atoms with van der Waals surface area (Å²) in [7, 11) is 0. The highest BCUT2D eigenvalue weighted by atomic mass is 79.9. The number of nitrogens with zero attached hydrogens (tertiary/aromatic N) is 1. The van der Waals surface area contributed by atoms with Gasteiger partial charge in [-0.05, 0) is 36.6 Å². The zero-order chi connectivity index (χ0) is 13.8. The number of halogens is 1. The highest BCUT2D eigenvalue weighted by Gasteiger charge is 2.20. The van der Waals surface area contributed by atoms with Crippen molar-refractivity contribution in [1.82, 2.24) is 10.3 Å².